The molecule has 1 aliphatic rings. The first-order valence-corrected chi connectivity index (χ1v) is 4.16. The van der Waals surface area contributed by atoms with Crippen LogP contribution in [0.2, 0.25) is 0 Å². The Bertz CT molecular complexity index is 25.4. The summed E-state index contributed by atoms with van der Waals surface area (Å²) in [7, 11) is 0. The van der Waals surface area contributed by atoms with Crippen LogP contribution >= 0.6 is 12.6 Å². The highest BCUT2D eigenvalue weighted by molar-refractivity contribution is 7.80. The lowest BCUT2D eigenvalue weighted by Gasteiger charge is -2.05. The molecule has 50 valence electrons. The smallest absolute Gasteiger partial charge is 0.0101 e. The van der Waals surface area contributed by atoms with E-state index in [1.54, 1.807) is 0 Å². The van der Waals surface area contributed by atoms with Crippen LogP contribution in [0.3, 0.4) is 0 Å². The molecule has 8 heavy (non-hydrogen) atoms. The lowest BCUT2D eigenvalue weighted by atomic mass is 10.0. The van der Waals surface area contributed by atoms with Crippen LogP contribution in [-0.4, -0.2) is 5.75 Å². The Balaban J connectivity index is 0.000000122. The van der Waals surface area contributed by atoms with E-state index in [-0.39, 0.29) is 0 Å². The molecule has 0 N–H and O–H groups in total. The fourth-order valence-electron chi connectivity index (χ4n) is 0.250. The molecule has 1 rings (SSSR count). The zero-order valence-electron chi connectivity index (χ0n) is 5.69. The van der Waals surface area contributed by atoms with Gasteiger partial charge in [-0.3, -0.25) is 0 Å². The maximum Gasteiger partial charge on any atom is -0.0101 e. The van der Waals surface area contributed by atoms with Crippen molar-refractivity contribution < 1.29 is 0 Å². The lowest BCUT2D eigenvalue weighted by molar-refractivity contribution is 0.504. The summed E-state index contributed by atoms with van der Waals surface area (Å²) in [6, 6.07) is 0. The fraction of sp³-hybridized carbons (Fsp3) is 1.00. The van der Waals surface area contributed by atoms with Gasteiger partial charge in [0.15, 0.2) is 0 Å². The van der Waals surface area contributed by atoms with E-state index in [1.165, 1.54) is 32.1 Å². The molecule has 0 unspecified atom stereocenters. The standard InChI is InChI=1S/C4H8.C3H8S/c1-2-4-3-1;1-2-3-4/h1-4H2;4H,2-3H2,1H3. The molecule has 1 fully saturated rings. The van der Waals surface area contributed by atoms with Crippen molar-refractivity contribution >= 4 is 12.6 Å². The van der Waals surface area contributed by atoms with Gasteiger partial charge in [0.05, 0.1) is 0 Å². The Morgan fingerprint density at radius 2 is 1.38 bits per heavy atom. The van der Waals surface area contributed by atoms with Crippen molar-refractivity contribution in [3.8, 4) is 0 Å². The first-order chi connectivity index (χ1) is 3.91. The van der Waals surface area contributed by atoms with E-state index in [1.807, 2.05) is 0 Å². The summed E-state index contributed by atoms with van der Waals surface area (Å²) in [5.74, 6) is 1.01. The fourth-order valence-corrected chi connectivity index (χ4v) is 0.250. The zero-order valence-corrected chi connectivity index (χ0v) is 6.58. The number of rotatable bonds is 1. The van der Waals surface area contributed by atoms with Gasteiger partial charge in [-0.1, -0.05) is 32.6 Å². The van der Waals surface area contributed by atoms with Crippen molar-refractivity contribution in [2.75, 3.05) is 5.75 Å². The first-order valence-electron chi connectivity index (χ1n) is 3.52. The maximum absolute atomic E-state index is 3.92. The molecule has 0 bridgehead atoms. The van der Waals surface area contributed by atoms with Crippen LogP contribution in [0.25, 0.3) is 0 Å². The Hall–Kier alpha value is 0.350. The summed E-state index contributed by atoms with van der Waals surface area (Å²) in [5.41, 5.74) is 0. The van der Waals surface area contributed by atoms with E-state index in [2.05, 4.69) is 19.6 Å². The third kappa shape index (κ3) is 6.35. The molecular formula is C7H16S. The van der Waals surface area contributed by atoms with Gasteiger partial charge in [-0.15, -0.1) is 0 Å². The van der Waals surface area contributed by atoms with Crippen LogP contribution in [-0.2, 0) is 0 Å². The molecule has 0 aromatic rings. The quantitative estimate of drug-likeness (QED) is 0.521. The molecule has 0 aliphatic heterocycles. The third-order valence-electron chi connectivity index (χ3n) is 1.22. The average molecular weight is 132 g/mol. The van der Waals surface area contributed by atoms with Crippen LogP contribution < -0.4 is 0 Å². The SMILES string of the molecule is C1CCC1.CCCS. The van der Waals surface area contributed by atoms with E-state index < -0.39 is 0 Å². The van der Waals surface area contributed by atoms with Gasteiger partial charge in [0, 0.05) is 0 Å². The van der Waals surface area contributed by atoms with E-state index in [0.717, 1.165) is 5.75 Å². The Labute approximate surface area is 58.1 Å². The minimum atomic E-state index is 1.01. The van der Waals surface area contributed by atoms with Crippen molar-refractivity contribution in [3.63, 3.8) is 0 Å². The molecule has 0 radical (unpaired) electrons. The van der Waals surface area contributed by atoms with Gasteiger partial charge in [0.2, 0.25) is 0 Å². The number of hydrogen-bond acceptors (Lipinski definition) is 1. The van der Waals surface area contributed by atoms with Crippen molar-refractivity contribution in [2.24, 2.45) is 0 Å². The second-order valence-corrected chi connectivity index (χ2v) is 2.59. The molecule has 1 saturated carbocycles. The van der Waals surface area contributed by atoms with Gasteiger partial charge in [0.25, 0.3) is 0 Å². The molecule has 1 aliphatic carbocycles. The Kier molecular flexibility index (Phi) is 7.67. The zero-order chi connectivity index (χ0) is 6.24. The molecular weight excluding hydrogens is 116 g/mol. The van der Waals surface area contributed by atoms with E-state index in [4.69, 9.17) is 0 Å². The van der Waals surface area contributed by atoms with Gasteiger partial charge in [-0.2, -0.15) is 12.6 Å². The predicted molar refractivity (Wildman–Crippen MR) is 42.6 cm³/mol. The monoisotopic (exact) mass is 132 g/mol. The summed E-state index contributed by atoms with van der Waals surface area (Å²) >= 11 is 3.92. The summed E-state index contributed by atoms with van der Waals surface area (Å²) in [6.45, 7) is 2.10. The minimum absolute atomic E-state index is 1.01. The molecule has 0 atom stereocenters. The van der Waals surface area contributed by atoms with Gasteiger partial charge in [-0.05, 0) is 12.2 Å². The van der Waals surface area contributed by atoms with Gasteiger partial charge in [0.1, 0.15) is 0 Å². The molecule has 0 saturated heterocycles. The second kappa shape index (κ2) is 7.35. The molecule has 0 spiro atoms. The highest BCUT2D eigenvalue weighted by atomic mass is 32.1. The average Bonchev–Trinajstić information content (AvgIpc) is 1.61. The van der Waals surface area contributed by atoms with Crippen LogP contribution in [0, 0.1) is 0 Å². The predicted octanol–water partition coefficient (Wildman–Crippen LogP) is 2.89. The van der Waals surface area contributed by atoms with Crippen LogP contribution in [0.4, 0.5) is 0 Å². The van der Waals surface area contributed by atoms with E-state index >= 15 is 0 Å². The molecule has 1 heteroatoms. The van der Waals surface area contributed by atoms with Gasteiger partial charge >= 0.3 is 0 Å². The van der Waals surface area contributed by atoms with Crippen molar-refractivity contribution in [1.82, 2.24) is 0 Å². The topological polar surface area (TPSA) is 0 Å². The van der Waals surface area contributed by atoms with E-state index in [9.17, 15) is 0 Å². The van der Waals surface area contributed by atoms with Crippen molar-refractivity contribution in [1.29, 1.82) is 0 Å². The third-order valence-corrected chi connectivity index (χ3v) is 1.67. The van der Waals surface area contributed by atoms with Crippen LogP contribution in [0.5, 0.6) is 0 Å². The molecule has 0 amide bonds. The summed E-state index contributed by atoms with van der Waals surface area (Å²) in [5, 5.41) is 0. The second-order valence-electron chi connectivity index (χ2n) is 2.14. The molecule has 0 nitrogen and oxygen atoms in total. The summed E-state index contributed by atoms with van der Waals surface area (Å²) < 4.78 is 0. The molecule has 0 aromatic carbocycles. The van der Waals surface area contributed by atoms with Gasteiger partial charge in [-0.25, -0.2) is 0 Å². The van der Waals surface area contributed by atoms with Crippen molar-refractivity contribution in [2.45, 2.75) is 39.0 Å². The highest BCUT2D eigenvalue weighted by Gasteiger charge is 1.95. The lowest BCUT2D eigenvalue weighted by Crippen LogP contribution is -1.85. The molecule has 0 aromatic heterocycles. The normalized spacial score (nSPS) is 15.8. The van der Waals surface area contributed by atoms with Crippen molar-refractivity contribution in [3.05, 3.63) is 0 Å². The summed E-state index contributed by atoms with van der Waals surface area (Å²) in [4.78, 5) is 0. The van der Waals surface area contributed by atoms with Crippen LogP contribution in [0.1, 0.15) is 39.0 Å². The first kappa shape index (κ1) is 8.35. The van der Waals surface area contributed by atoms with Gasteiger partial charge < -0.3 is 0 Å². The van der Waals surface area contributed by atoms with E-state index in [0.29, 0.717) is 0 Å². The van der Waals surface area contributed by atoms with Crippen LogP contribution in [0.15, 0.2) is 0 Å². The summed E-state index contributed by atoms with van der Waals surface area (Å²) in [6.07, 6.45) is 7.18. The minimum Gasteiger partial charge on any atom is -0.179 e. The molecule has 0 heterocycles. The highest BCUT2D eigenvalue weighted by Crippen LogP contribution is 2.15. The largest absolute Gasteiger partial charge is 0.179 e. The Morgan fingerprint density at radius 3 is 1.38 bits per heavy atom. The number of hydrogen-bond donors (Lipinski definition) is 1. The maximum atomic E-state index is 3.92. The number of thiol groups is 1. The Morgan fingerprint density at radius 1 is 1.12 bits per heavy atom.